The van der Waals surface area contributed by atoms with Gasteiger partial charge in [-0.2, -0.15) is 0 Å². The molecule has 2 aliphatic rings. The van der Waals surface area contributed by atoms with Gasteiger partial charge in [-0.3, -0.25) is 9.69 Å². The highest BCUT2D eigenvalue weighted by Gasteiger charge is 2.40. The van der Waals surface area contributed by atoms with Gasteiger partial charge in [0.15, 0.2) is 5.79 Å². The fourth-order valence-corrected chi connectivity index (χ4v) is 4.75. The maximum atomic E-state index is 12.7. The summed E-state index contributed by atoms with van der Waals surface area (Å²) in [5.41, 5.74) is 0.645. The van der Waals surface area contributed by atoms with Crippen molar-refractivity contribution in [3.63, 3.8) is 0 Å². The number of hydrogen-bond donors (Lipinski definition) is 1. The number of nitrogens with one attached hydrogen (secondary N) is 1. The van der Waals surface area contributed by atoms with Crippen LogP contribution in [0, 0.1) is 6.92 Å². The number of anilines is 1. The topological polar surface area (TPSA) is 103 Å². The Labute approximate surface area is 179 Å². The molecule has 2 fully saturated rings. The highest BCUT2D eigenvalue weighted by atomic mass is 32.1. The summed E-state index contributed by atoms with van der Waals surface area (Å²) >= 11 is 1.03. The van der Waals surface area contributed by atoms with Crippen LogP contribution in [-0.2, 0) is 23.7 Å². The molecule has 1 N–H and O–H groups in total. The lowest BCUT2D eigenvalue weighted by molar-refractivity contribution is -0.185. The van der Waals surface area contributed by atoms with Crippen molar-refractivity contribution in [1.29, 1.82) is 0 Å². The number of thiophene rings is 1. The molecular weight excluding hydrogens is 412 g/mol. The molecule has 3 heterocycles. The largest absolute Gasteiger partial charge is 0.462 e. The molecule has 30 heavy (non-hydrogen) atoms. The third kappa shape index (κ3) is 5.00. The van der Waals surface area contributed by atoms with Gasteiger partial charge in [-0.1, -0.05) is 0 Å². The number of amides is 1. The highest BCUT2D eigenvalue weighted by molar-refractivity contribution is 7.18. The second kappa shape index (κ2) is 9.86. The first-order valence-corrected chi connectivity index (χ1v) is 11.0. The summed E-state index contributed by atoms with van der Waals surface area (Å²) in [6.07, 6.45) is 1.42. The Kier molecular flexibility index (Phi) is 7.45. The van der Waals surface area contributed by atoms with E-state index in [4.69, 9.17) is 18.9 Å². The Balaban J connectivity index is 1.68. The molecule has 10 heteroatoms. The summed E-state index contributed by atoms with van der Waals surface area (Å²) in [4.78, 5) is 39.6. The third-order valence-electron chi connectivity index (χ3n) is 5.14. The number of esters is 2. The van der Waals surface area contributed by atoms with E-state index < -0.39 is 17.7 Å². The Hall–Kier alpha value is -2.01. The van der Waals surface area contributed by atoms with Crippen molar-refractivity contribution in [2.75, 3.05) is 51.4 Å². The molecule has 1 aromatic rings. The van der Waals surface area contributed by atoms with E-state index in [1.807, 2.05) is 4.90 Å². The van der Waals surface area contributed by atoms with Gasteiger partial charge >= 0.3 is 11.9 Å². The van der Waals surface area contributed by atoms with Crippen molar-refractivity contribution in [3.8, 4) is 0 Å². The smallest absolute Gasteiger partial charge is 0.348 e. The van der Waals surface area contributed by atoms with Gasteiger partial charge in [0, 0.05) is 25.9 Å². The molecule has 0 saturated carbocycles. The zero-order valence-corrected chi connectivity index (χ0v) is 18.4. The molecule has 0 atom stereocenters. The second-order valence-corrected chi connectivity index (χ2v) is 8.15. The number of ether oxygens (including phenoxy) is 4. The van der Waals surface area contributed by atoms with Gasteiger partial charge < -0.3 is 24.3 Å². The number of carbonyl (C=O) groups excluding carboxylic acids is 3. The van der Waals surface area contributed by atoms with E-state index in [0.29, 0.717) is 49.7 Å². The summed E-state index contributed by atoms with van der Waals surface area (Å²) in [5, 5.41) is 3.08. The van der Waals surface area contributed by atoms with Crippen LogP contribution in [0.25, 0.3) is 0 Å². The minimum Gasteiger partial charge on any atom is -0.462 e. The fourth-order valence-electron chi connectivity index (χ4n) is 3.65. The van der Waals surface area contributed by atoms with Crippen molar-refractivity contribution < 1.29 is 33.3 Å². The average molecular weight is 441 g/mol. The molecule has 0 aromatic carbocycles. The minimum absolute atomic E-state index is 0.171. The lowest BCUT2D eigenvalue weighted by atomic mass is 10.0. The first kappa shape index (κ1) is 22.7. The molecular formula is C20H28N2O7S. The van der Waals surface area contributed by atoms with Crippen LogP contribution in [0.3, 0.4) is 0 Å². The number of nitrogens with zero attached hydrogens (tertiary/aromatic N) is 1. The van der Waals surface area contributed by atoms with Gasteiger partial charge in [0.25, 0.3) is 0 Å². The van der Waals surface area contributed by atoms with Gasteiger partial charge in [-0.15, -0.1) is 11.3 Å². The molecule has 1 amide bonds. The summed E-state index contributed by atoms with van der Waals surface area (Å²) in [6, 6.07) is 0. The zero-order chi connectivity index (χ0) is 21.7. The first-order chi connectivity index (χ1) is 14.4. The van der Waals surface area contributed by atoms with E-state index in [1.54, 1.807) is 20.8 Å². The van der Waals surface area contributed by atoms with E-state index in [2.05, 4.69) is 5.32 Å². The van der Waals surface area contributed by atoms with Crippen LogP contribution in [0.4, 0.5) is 5.00 Å². The highest BCUT2D eigenvalue weighted by Crippen LogP contribution is 2.35. The van der Waals surface area contributed by atoms with Crippen LogP contribution in [0.5, 0.6) is 0 Å². The number of hydrogen-bond acceptors (Lipinski definition) is 9. The van der Waals surface area contributed by atoms with Gasteiger partial charge in [0.2, 0.25) is 5.91 Å². The van der Waals surface area contributed by atoms with Gasteiger partial charge in [-0.05, 0) is 26.3 Å². The second-order valence-electron chi connectivity index (χ2n) is 7.13. The minimum atomic E-state index is -0.576. The maximum Gasteiger partial charge on any atom is 0.348 e. The Morgan fingerprint density at radius 2 is 1.67 bits per heavy atom. The molecule has 166 valence electrons. The summed E-state index contributed by atoms with van der Waals surface area (Å²) < 4.78 is 21.6. The number of rotatable bonds is 7. The Morgan fingerprint density at radius 3 is 2.27 bits per heavy atom. The van der Waals surface area contributed by atoms with Crippen molar-refractivity contribution in [3.05, 3.63) is 16.0 Å². The van der Waals surface area contributed by atoms with Crippen molar-refractivity contribution >= 4 is 34.2 Å². The van der Waals surface area contributed by atoms with Crippen LogP contribution in [0.2, 0.25) is 0 Å². The quantitative estimate of drug-likeness (QED) is 0.644. The standard InChI is InChI=1S/C20H28N2O7S/c1-4-26-18(24)15-13(3)16(19(25)27-5-2)30-17(15)21-14(23)12-22-8-6-20(7-9-22)28-10-11-29-20/h4-12H2,1-3H3,(H,21,23). The van der Waals surface area contributed by atoms with E-state index in [9.17, 15) is 14.4 Å². The summed E-state index contributed by atoms with van der Waals surface area (Å²) in [7, 11) is 0. The average Bonchev–Trinajstić information content (AvgIpc) is 3.29. The predicted octanol–water partition coefficient (Wildman–Crippen LogP) is 2.19. The van der Waals surface area contributed by atoms with Crippen LogP contribution >= 0.6 is 11.3 Å². The monoisotopic (exact) mass is 440 g/mol. The van der Waals surface area contributed by atoms with Crippen molar-refractivity contribution in [1.82, 2.24) is 4.90 Å². The molecule has 1 aromatic heterocycles. The van der Waals surface area contributed by atoms with Crippen molar-refractivity contribution in [2.45, 2.75) is 39.4 Å². The summed E-state index contributed by atoms with van der Waals surface area (Å²) in [6.45, 7) is 8.21. The molecule has 0 radical (unpaired) electrons. The molecule has 2 aliphatic heterocycles. The third-order valence-corrected chi connectivity index (χ3v) is 6.33. The summed E-state index contributed by atoms with van der Waals surface area (Å²) in [5.74, 6) is -1.86. The van der Waals surface area contributed by atoms with Crippen LogP contribution in [-0.4, -0.2) is 74.6 Å². The van der Waals surface area contributed by atoms with Crippen LogP contribution in [0.1, 0.15) is 52.3 Å². The van der Waals surface area contributed by atoms with E-state index in [1.165, 1.54) is 0 Å². The van der Waals surface area contributed by atoms with Crippen LogP contribution in [0.15, 0.2) is 0 Å². The van der Waals surface area contributed by atoms with E-state index in [-0.39, 0.29) is 36.1 Å². The molecule has 2 saturated heterocycles. The predicted molar refractivity (Wildman–Crippen MR) is 110 cm³/mol. The molecule has 0 unspecified atom stereocenters. The number of carbonyl (C=O) groups is 3. The SMILES string of the molecule is CCOC(=O)c1sc(NC(=O)CN2CCC3(CC2)OCCO3)c(C(=O)OCC)c1C. The van der Waals surface area contributed by atoms with Gasteiger partial charge in [0.05, 0.1) is 38.5 Å². The molecule has 0 aliphatic carbocycles. The molecule has 1 spiro atoms. The fraction of sp³-hybridized carbons (Fsp3) is 0.650. The van der Waals surface area contributed by atoms with Crippen LogP contribution < -0.4 is 5.32 Å². The lowest BCUT2D eigenvalue weighted by Gasteiger charge is -2.37. The first-order valence-electron chi connectivity index (χ1n) is 10.2. The van der Waals surface area contributed by atoms with E-state index in [0.717, 1.165) is 11.3 Å². The maximum absolute atomic E-state index is 12.7. The number of likely N-dealkylation sites (tertiary alicyclic amines) is 1. The normalized spacial score (nSPS) is 18.4. The van der Waals surface area contributed by atoms with E-state index >= 15 is 0 Å². The Bertz CT molecular complexity index is 791. The molecule has 9 nitrogen and oxygen atoms in total. The molecule has 3 rings (SSSR count). The van der Waals surface area contributed by atoms with Crippen molar-refractivity contribution in [2.24, 2.45) is 0 Å². The Morgan fingerprint density at radius 1 is 1.07 bits per heavy atom. The van der Waals surface area contributed by atoms with Gasteiger partial charge in [-0.25, -0.2) is 9.59 Å². The van der Waals surface area contributed by atoms with Gasteiger partial charge in [0.1, 0.15) is 9.88 Å². The number of piperidine rings is 1. The molecule has 0 bridgehead atoms. The lowest BCUT2D eigenvalue weighted by Crippen LogP contribution is -2.47. The zero-order valence-electron chi connectivity index (χ0n) is 17.6.